The van der Waals surface area contributed by atoms with Crippen LogP contribution in [0.3, 0.4) is 0 Å². The molecule has 0 atom stereocenters. The molecule has 96 valence electrons. The molecule has 6 heteroatoms. The quantitative estimate of drug-likeness (QED) is 0.545. The van der Waals surface area contributed by atoms with E-state index in [1.165, 1.54) is 4.57 Å². The number of H-pyrrole nitrogens is 1. The molecule has 3 rings (SSSR count). The number of hydrogen-bond donors (Lipinski definition) is 1. The molecule has 0 radical (unpaired) electrons. The molecule has 0 unspecified atom stereocenters. The highest BCUT2D eigenvalue weighted by Crippen LogP contribution is 2.13. The van der Waals surface area contributed by atoms with Crippen molar-refractivity contribution < 1.29 is 4.42 Å². The molecule has 2 heterocycles. The molecule has 0 aliphatic heterocycles. The van der Waals surface area contributed by atoms with Gasteiger partial charge in [0.15, 0.2) is 4.77 Å². The van der Waals surface area contributed by atoms with Crippen LogP contribution in [0.25, 0.3) is 10.9 Å². The van der Waals surface area contributed by atoms with Crippen LogP contribution < -0.4 is 5.56 Å². The summed E-state index contributed by atoms with van der Waals surface area (Å²) in [5.74, 6) is 0.701. The Morgan fingerprint density at radius 2 is 2.21 bits per heavy atom. The molecule has 1 aromatic carbocycles. The number of furan rings is 1. The van der Waals surface area contributed by atoms with Crippen molar-refractivity contribution in [2.45, 2.75) is 6.54 Å². The summed E-state index contributed by atoms with van der Waals surface area (Å²) < 4.78 is 8.18. The van der Waals surface area contributed by atoms with Gasteiger partial charge in [-0.1, -0.05) is 0 Å². The van der Waals surface area contributed by atoms with Crippen molar-refractivity contribution in [2.24, 2.45) is 0 Å². The third-order valence-electron chi connectivity index (χ3n) is 2.84. The molecule has 0 aliphatic rings. The predicted octanol–water partition coefficient (Wildman–Crippen LogP) is 3.30. The predicted molar refractivity (Wildman–Crippen MR) is 83.9 cm³/mol. The summed E-state index contributed by atoms with van der Waals surface area (Å²) in [4.78, 5) is 15.5. The lowest BCUT2D eigenvalue weighted by Gasteiger charge is -2.06. The van der Waals surface area contributed by atoms with Crippen LogP contribution in [0, 0.1) is 8.34 Å². The molecule has 2 aromatic heterocycles. The Hall–Kier alpha value is -1.41. The van der Waals surface area contributed by atoms with Crippen molar-refractivity contribution in [3.63, 3.8) is 0 Å². The smallest absolute Gasteiger partial charge is 0.262 e. The Balaban J connectivity index is 2.25. The van der Waals surface area contributed by atoms with E-state index in [1.54, 1.807) is 12.3 Å². The van der Waals surface area contributed by atoms with Gasteiger partial charge in [0.25, 0.3) is 5.56 Å². The summed E-state index contributed by atoms with van der Waals surface area (Å²) in [6.07, 6.45) is 1.58. The van der Waals surface area contributed by atoms with Crippen LogP contribution in [0.4, 0.5) is 0 Å². The van der Waals surface area contributed by atoms with Gasteiger partial charge < -0.3 is 9.40 Å². The van der Waals surface area contributed by atoms with Gasteiger partial charge in [-0.05, 0) is 65.1 Å². The van der Waals surface area contributed by atoms with Crippen molar-refractivity contribution in [3.05, 3.63) is 61.1 Å². The second-order valence-corrected chi connectivity index (χ2v) is 5.72. The van der Waals surface area contributed by atoms with Crippen molar-refractivity contribution in [3.8, 4) is 0 Å². The maximum absolute atomic E-state index is 12.5. The lowest BCUT2D eigenvalue weighted by molar-refractivity contribution is 0.487. The van der Waals surface area contributed by atoms with Crippen LogP contribution in [0.5, 0.6) is 0 Å². The van der Waals surface area contributed by atoms with Crippen molar-refractivity contribution in [1.29, 1.82) is 0 Å². The Morgan fingerprint density at radius 1 is 1.37 bits per heavy atom. The topological polar surface area (TPSA) is 50.9 Å². The third kappa shape index (κ3) is 2.37. The van der Waals surface area contributed by atoms with Crippen LogP contribution >= 0.6 is 34.8 Å². The first-order valence-electron chi connectivity index (χ1n) is 5.60. The first-order valence-corrected chi connectivity index (χ1v) is 7.08. The van der Waals surface area contributed by atoms with Crippen LogP contribution in [0.15, 0.2) is 45.8 Å². The van der Waals surface area contributed by atoms with E-state index in [0.717, 1.165) is 9.09 Å². The van der Waals surface area contributed by atoms with E-state index in [0.29, 0.717) is 22.5 Å². The van der Waals surface area contributed by atoms with Crippen molar-refractivity contribution >= 4 is 45.7 Å². The van der Waals surface area contributed by atoms with E-state index in [-0.39, 0.29) is 5.56 Å². The van der Waals surface area contributed by atoms with E-state index in [9.17, 15) is 4.79 Å². The molecule has 0 amide bonds. The zero-order chi connectivity index (χ0) is 13.4. The highest BCUT2D eigenvalue weighted by Gasteiger charge is 2.07. The number of hydrogen-bond acceptors (Lipinski definition) is 3. The molecule has 0 saturated carbocycles. The van der Waals surface area contributed by atoms with Gasteiger partial charge in [-0.2, -0.15) is 0 Å². The zero-order valence-electron chi connectivity index (χ0n) is 9.72. The van der Waals surface area contributed by atoms with E-state index in [2.05, 4.69) is 27.6 Å². The van der Waals surface area contributed by atoms with Crippen molar-refractivity contribution in [1.82, 2.24) is 9.55 Å². The fourth-order valence-corrected chi connectivity index (χ4v) is 2.67. The summed E-state index contributed by atoms with van der Waals surface area (Å²) in [6.45, 7) is 0.336. The highest BCUT2D eigenvalue weighted by molar-refractivity contribution is 14.1. The number of aromatic nitrogens is 2. The lowest BCUT2D eigenvalue weighted by Crippen LogP contribution is -2.22. The molecule has 0 aliphatic carbocycles. The normalized spacial score (nSPS) is 11.0. The molecule has 0 saturated heterocycles. The van der Waals surface area contributed by atoms with Gasteiger partial charge in [0.1, 0.15) is 5.76 Å². The number of aromatic amines is 1. The summed E-state index contributed by atoms with van der Waals surface area (Å²) >= 11 is 7.42. The zero-order valence-corrected chi connectivity index (χ0v) is 12.7. The number of nitrogens with one attached hydrogen (secondary N) is 1. The molecule has 0 bridgehead atoms. The molecule has 4 nitrogen and oxygen atoms in total. The van der Waals surface area contributed by atoms with Gasteiger partial charge >= 0.3 is 0 Å². The summed E-state index contributed by atoms with van der Waals surface area (Å²) in [5, 5.41) is 0.632. The maximum atomic E-state index is 12.5. The fraction of sp³-hybridized carbons (Fsp3) is 0.0769. The highest BCUT2D eigenvalue weighted by atomic mass is 127. The molecular formula is C13H9IN2O2S. The Morgan fingerprint density at radius 3 is 2.95 bits per heavy atom. The van der Waals surface area contributed by atoms with Gasteiger partial charge in [0, 0.05) is 3.57 Å². The van der Waals surface area contributed by atoms with Crippen molar-refractivity contribution in [2.75, 3.05) is 0 Å². The molecule has 1 N–H and O–H groups in total. The van der Waals surface area contributed by atoms with E-state index in [4.69, 9.17) is 16.6 Å². The maximum Gasteiger partial charge on any atom is 0.262 e. The average molecular weight is 384 g/mol. The fourth-order valence-electron chi connectivity index (χ4n) is 1.92. The molecule has 0 spiro atoms. The van der Waals surface area contributed by atoms with Gasteiger partial charge in [-0.3, -0.25) is 9.36 Å². The second-order valence-electron chi connectivity index (χ2n) is 4.09. The summed E-state index contributed by atoms with van der Waals surface area (Å²) in [5.41, 5.74) is 0.653. The Bertz CT molecular complexity index is 849. The van der Waals surface area contributed by atoms with E-state index in [1.807, 2.05) is 24.3 Å². The minimum atomic E-state index is -0.103. The number of rotatable bonds is 2. The first-order chi connectivity index (χ1) is 9.15. The second kappa shape index (κ2) is 4.93. The molecule has 3 aromatic rings. The average Bonchev–Trinajstić information content (AvgIpc) is 2.89. The summed E-state index contributed by atoms with van der Waals surface area (Å²) in [6, 6.07) is 9.26. The monoisotopic (exact) mass is 384 g/mol. The van der Waals surface area contributed by atoms with Crippen LogP contribution in [-0.2, 0) is 6.54 Å². The summed E-state index contributed by atoms with van der Waals surface area (Å²) in [7, 11) is 0. The minimum Gasteiger partial charge on any atom is -0.467 e. The Kier molecular flexibility index (Phi) is 3.28. The largest absolute Gasteiger partial charge is 0.467 e. The van der Waals surface area contributed by atoms with Gasteiger partial charge in [-0.25, -0.2) is 0 Å². The third-order valence-corrected chi connectivity index (χ3v) is 3.83. The number of benzene rings is 1. The number of nitrogens with zero attached hydrogens (tertiary/aromatic N) is 1. The first kappa shape index (κ1) is 12.6. The number of halogens is 1. The van der Waals surface area contributed by atoms with Gasteiger partial charge in [-0.15, -0.1) is 0 Å². The Labute approximate surface area is 127 Å². The minimum absolute atomic E-state index is 0.103. The lowest BCUT2D eigenvalue weighted by atomic mass is 10.2. The van der Waals surface area contributed by atoms with Gasteiger partial charge in [0.2, 0.25) is 0 Å². The van der Waals surface area contributed by atoms with Gasteiger partial charge in [0.05, 0.1) is 23.7 Å². The molecule has 0 fully saturated rings. The molecular weight excluding hydrogens is 375 g/mol. The van der Waals surface area contributed by atoms with Crippen LogP contribution in [0.2, 0.25) is 0 Å². The van der Waals surface area contributed by atoms with E-state index >= 15 is 0 Å². The molecule has 19 heavy (non-hydrogen) atoms. The SMILES string of the molecule is O=c1c2cc(I)ccc2[nH]c(=S)n1Cc1ccco1. The van der Waals surface area contributed by atoms with Crippen LogP contribution in [-0.4, -0.2) is 9.55 Å². The standard InChI is InChI=1S/C13H9IN2O2S/c14-8-3-4-11-10(6-8)12(17)16(13(19)15-11)7-9-2-1-5-18-9/h1-6H,7H2,(H,15,19). The van der Waals surface area contributed by atoms with E-state index < -0.39 is 0 Å². The number of fused-ring (bicyclic) bond motifs is 1. The van der Waals surface area contributed by atoms with Crippen LogP contribution in [0.1, 0.15) is 5.76 Å².